The fourth-order valence-corrected chi connectivity index (χ4v) is 6.89. The smallest absolute Gasteiger partial charge is 0.254 e. The Balaban J connectivity index is 1.33. The molecule has 7 nitrogen and oxygen atoms in total. The maximum atomic E-state index is 13.8. The molecule has 3 saturated carbocycles. The van der Waals surface area contributed by atoms with Gasteiger partial charge in [-0.3, -0.25) is 14.5 Å². The van der Waals surface area contributed by atoms with Gasteiger partial charge in [-0.2, -0.15) is 0 Å². The third-order valence-electron chi connectivity index (χ3n) is 9.25. The van der Waals surface area contributed by atoms with E-state index in [0.717, 1.165) is 51.0 Å². The molecule has 0 radical (unpaired) electrons. The third kappa shape index (κ3) is 6.66. The molecule has 3 N–H and O–H groups in total. The molecule has 4 fully saturated rings. The minimum absolute atomic E-state index is 0.00910. The topological polar surface area (TPSA) is 87.9 Å². The van der Waals surface area contributed by atoms with Crippen molar-refractivity contribution in [1.82, 2.24) is 15.1 Å². The highest BCUT2D eigenvalue weighted by atomic mass is 16.5. The van der Waals surface area contributed by atoms with Crippen LogP contribution in [-0.2, 0) is 4.79 Å². The molecule has 37 heavy (non-hydrogen) atoms. The fourth-order valence-electron chi connectivity index (χ4n) is 6.89. The Hall–Kier alpha value is -2.12. The van der Waals surface area contributed by atoms with Gasteiger partial charge in [0.1, 0.15) is 11.8 Å². The van der Waals surface area contributed by atoms with Crippen LogP contribution in [0.4, 0.5) is 0 Å². The molecule has 1 heterocycles. The van der Waals surface area contributed by atoms with Gasteiger partial charge in [-0.25, -0.2) is 0 Å². The summed E-state index contributed by atoms with van der Waals surface area (Å²) in [5.41, 5.74) is 6.69. The van der Waals surface area contributed by atoms with Crippen LogP contribution in [0.3, 0.4) is 0 Å². The lowest BCUT2D eigenvalue weighted by Gasteiger charge is -2.44. The molecule has 0 spiro atoms. The Kier molecular flexibility index (Phi) is 8.71. The van der Waals surface area contributed by atoms with Gasteiger partial charge in [0.2, 0.25) is 5.91 Å². The summed E-state index contributed by atoms with van der Waals surface area (Å²) in [5, 5.41) is 3.32. The van der Waals surface area contributed by atoms with E-state index < -0.39 is 6.04 Å². The molecule has 7 heteroatoms. The summed E-state index contributed by atoms with van der Waals surface area (Å²) in [4.78, 5) is 32.1. The minimum atomic E-state index is -0.444. The maximum absolute atomic E-state index is 13.8. The number of piperidine rings is 1. The van der Waals surface area contributed by atoms with Crippen molar-refractivity contribution in [2.45, 2.75) is 114 Å². The number of nitrogens with two attached hydrogens (primary N) is 1. The van der Waals surface area contributed by atoms with Crippen LogP contribution in [0.2, 0.25) is 0 Å². The molecule has 204 valence electrons. The van der Waals surface area contributed by atoms with Gasteiger partial charge in [-0.1, -0.05) is 25.3 Å². The number of carbonyl (C=O) groups is 2. The standard InChI is InChI=1S/C30H46N4O3/c1-37-27-9-5-8-22(18-27)30(36)33-17-16-26(34(25-14-15-25)20-21-6-3-2-4-7-21)19-28(33)29(35)32-24-12-10-23(31)11-13-24/h5,8-9,18,21,23-26,28H,2-4,6-7,10-17,19-20,31H2,1H3,(H,32,35)/t23?,24?,26?,28-/m1/s1. The summed E-state index contributed by atoms with van der Waals surface area (Å²) in [6.45, 7) is 1.77. The van der Waals surface area contributed by atoms with Crippen molar-refractivity contribution in [3.05, 3.63) is 29.8 Å². The summed E-state index contributed by atoms with van der Waals surface area (Å²) in [6, 6.07) is 8.28. The van der Waals surface area contributed by atoms with E-state index in [2.05, 4.69) is 10.2 Å². The first-order valence-electron chi connectivity index (χ1n) is 14.8. The second-order valence-corrected chi connectivity index (χ2v) is 12.0. The van der Waals surface area contributed by atoms with E-state index in [9.17, 15) is 9.59 Å². The zero-order chi connectivity index (χ0) is 25.8. The highest BCUT2D eigenvalue weighted by Gasteiger charge is 2.43. The van der Waals surface area contributed by atoms with Gasteiger partial charge >= 0.3 is 0 Å². The van der Waals surface area contributed by atoms with Crippen LogP contribution in [0.5, 0.6) is 5.75 Å². The molecule has 1 saturated heterocycles. The van der Waals surface area contributed by atoms with E-state index in [1.807, 2.05) is 23.1 Å². The van der Waals surface area contributed by atoms with Crippen molar-refractivity contribution >= 4 is 11.8 Å². The first-order valence-corrected chi connectivity index (χ1v) is 14.8. The number of ether oxygens (including phenoxy) is 1. The average Bonchev–Trinajstić information content (AvgIpc) is 3.78. The summed E-state index contributed by atoms with van der Waals surface area (Å²) in [6.07, 6.45) is 14.7. The summed E-state index contributed by atoms with van der Waals surface area (Å²) in [5.74, 6) is 1.38. The van der Waals surface area contributed by atoms with Crippen LogP contribution >= 0.6 is 0 Å². The predicted molar refractivity (Wildman–Crippen MR) is 146 cm³/mol. The molecule has 0 bridgehead atoms. The Morgan fingerprint density at radius 2 is 1.76 bits per heavy atom. The second-order valence-electron chi connectivity index (χ2n) is 12.0. The van der Waals surface area contributed by atoms with Gasteiger partial charge in [0.15, 0.2) is 0 Å². The highest BCUT2D eigenvalue weighted by molar-refractivity contribution is 5.98. The molecule has 2 amide bonds. The van der Waals surface area contributed by atoms with Crippen molar-refractivity contribution in [3.63, 3.8) is 0 Å². The summed E-state index contributed by atoms with van der Waals surface area (Å²) >= 11 is 0. The quantitative estimate of drug-likeness (QED) is 0.550. The largest absolute Gasteiger partial charge is 0.497 e. The molecule has 3 aliphatic carbocycles. The molecular formula is C30H46N4O3. The monoisotopic (exact) mass is 510 g/mol. The Labute approximate surface area is 222 Å². The van der Waals surface area contributed by atoms with Crippen LogP contribution in [0.1, 0.15) is 93.8 Å². The van der Waals surface area contributed by atoms with Crippen molar-refractivity contribution < 1.29 is 14.3 Å². The van der Waals surface area contributed by atoms with Crippen LogP contribution in [0.15, 0.2) is 24.3 Å². The number of nitrogens with one attached hydrogen (secondary N) is 1. The van der Waals surface area contributed by atoms with Crippen LogP contribution < -0.4 is 15.8 Å². The number of nitrogens with zero attached hydrogens (tertiary/aromatic N) is 2. The van der Waals surface area contributed by atoms with Crippen molar-refractivity contribution in [3.8, 4) is 5.75 Å². The van der Waals surface area contributed by atoms with E-state index in [0.29, 0.717) is 29.9 Å². The maximum Gasteiger partial charge on any atom is 0.254 e. The average molecular weight is 511 g/mol. The Bertz CT molecular complexity index is 921. The number of hydrogen-bond acceptors (Lipinski definition) is 5. The van der Waals surface area contributed by atoms with Gasteiger partial charge in [0.25, 0.3) is 5.91 Å². The number of amides is 2. The molecule has 1 aliphatic heterocycles. The molecular weight excluding hydrogens is 464 g/mol. The Morgan fingerprint density at radius 3 is 2.46 bits per heavy atom. The predicted octanol–water partition coefficient (Wildman–Crippen LogP) is 4.10. The molecule has 4 aliphatic rings. The molecule has 1 aromatic rings. The van der Waals surface area contributed by atoms with Crippen molar-refractivity contribution in [2.24, 2.45) is 11.7 Å². The van der Waals surface area contributed by atoms with E-state index in [4.69, 9.17) is 10.5 Å². The normalized spacial score (nSPS) is 29.2. The summed E-state index contributed by atoms with van der Waals surface area (Å²) < 4.78 is 5.36. The fraction of sp³-hybridized carbons (Fsp3) is 0.733. The minimum Gasteiger partial charge on any atom is -0.497 e. The third-order valence-corrected chi connectivity index (χ3v) is 9.25. The van der Waals surface area contributed by atoms with E-state index >= 15 is 0 Å². The van der Waals surface area contributed by atoms with Gasteiger partial charge < -0.3 is 20.7 Å². The highest BCUT2D eigenvalue weighted by Crippen LogP contribution is 2.36. The summed E-state index contributed by atoms with van der Waals surface area (Å²) in [7, 11) is 1.61. The van der Waals surface area contributed by atoms with Crippen molar-refractivity contribution in [2.75, 3.05) is 20.2 Å². The van der Waals surface area contributed by atoms with Gasteiger partial charge in [-0.15, -0.1) is 0 Å². The van der Waals surface area contributed by atoms with E-state index in [1.54, 1.807) is 13.2 Å². The Morgan fingerprint density at radius 1 is 1.00 bits per heavy atom. The molecule has 1 unspecified atom stereocenters. The SMILES string of the molecule is COc1cccc(C(=O)N2CCC(N(CC3CCCCC3)C3CC3)C[C@@H]2C(=O)NC2CCC(N)CC2)c1. The van der Waals surface area contributed by atoms with Gasteiger partial charge in [-0.05, 0) is 88.3 Å². The van der Waals surface area contributed by atoms with E-state index in [1.165, 1.54) is 44.9 Å². The lowest BCUT2D eigenvalue weighted by atomic mass is 9.87. The van der Waals surface area contributed by atoms with E-state index in [-0.39, 0.29) is 23.9 Å². The molecule has 1 aromatic carbocycles. The number of benzene rings is 1. The van der Waals surface area contributed by atoms with Crippen LogP contribution in [0, 0.1) is 5.92 Å². The molecule has 0 aromatic heterocycles. The number of carbonyl (C=O) groups excluding carboxylic acids is 2. The number of methoxy groups -OCH3 is 1. The second kappa shape index (κ2) is 12.2. The van der Waals surface area contributed by atoms with Crippen LogP contribution in [-0.4, -0.2) is 72.0 Å². The number of hydrogen-bond donors (Lipinski definition) is 2. The number of rotatable bonds is 8. The first kappa shape index (κ1) is 26.5. The van der Waals surface area contributed by atoms with Crippen molar-refractivity contribution in [1.29, 1.82) is 0 Å². The lowest BCUT2D eigenvalue weighted by Crippen LogP contribution is -2.59. The molecule has 5 rings (SSSR count). The van der Waals surface area contributed by atoms with Gasteiger partial charge in [0.05, 0.1) is 7.11 Å². The van der Waals surface area contributed by atoms with Gasteiger partial charge in [0, 0.05) is 42.8 Å². The first-order chi connectivity index (χ1) is 18.0. The lowest BCUT2D eigenvalue weighted by molar-refractivity contribution is -0.128. The number of likely N-dealkylation sites (tertiary alicyclic amines) is 1. The molecule has 2 atom stereocenters. The zero-order valence-corrected chi connectivity index (χ0v) is 22.6. The van der Waals surface area contributed by atoms with Crippen LogP contribution in [0.25, 0.3) is 0 Å². The zero-order valence-electron chi connectivity index (χ0n) is 22.6.